The summed E-state index contributed by atoms with van der Waals surface area (Å²) in [5, 5.41) is 19.3. The zero-order valence-corrected chi connectivity index (χ0v) is 6.90. The van der Waals surface area contributed by atoms with Crippen molar-refractivity contribution in [2.75, 3.05) is 0 Å². The number of aryl methyl sites for hydroxylation is 1. The van der Waals surface area contributed by atoms with Crippen molar-refractivity contribution >= 4 is 6.09 Å². The molecule has 1 aromatic rings. The zero-order valence-electron chi connectivity index (χ0n) is 6.90. The van der Waals surface area contributed by atoms with E-state index in [1.165, 1.54) is 6.33 Å². The van der Waals surface area contributed by atoms with E-state index in [9.17, 15) is 4.79 Å². The van der Waals surface area contributed by atoms with Gasteiger partial charge in [-0.25, -0.2) is 9.78 Å². The number of rotatable bonds is 4. The Morgan fingerprint density at radius 3 is 3.08 bits per heavy atom. The maximum absolute atomic E-state index is 10.1. The maximum Gasteiger partial charge on any atom is 0.406 e. The van der Waals surface area contributed by atoms with Crippen LogP contribution >= 0.6 is 0 Å². The molecule has 1 atom stereocenters. The second kappa shape index (κ2) is 4.46. The lowest BCUT2D eigenvalue weighted by molar-refractivity contribution is 0.115. The Labute approximate surface area is 74.6 Å². The summed E-state index contributed by atoms with van der Waals surface area (Å²) < 4.78 is 0. The molecule has 13 heavy (non-hydrogen) atoms. The predicted molar refractivity (Wildman–Crippen MR) is 44.1 cm³/mol. The minimum atomic E-state index is -1.23. The summed E-state index contributed by atoms with van der Waals surface area (Å²) in [6.45, 7) is 0. The van der Waals surface area contributed by atoms with Crippen LogP contribution in [0.15, 0.2) is 12.5 Å². The average molecular weight is 185 g/mol. The highest BCUT2D eigenvalue weighted by Crippen LogP contribution is 1.98. The molecule has 0 radical (unpaired) electrons. The van der Waals surface area contributed by atoms with Crippen molar-refractivity contribution in [3.63, 3.8) is 0 Å². The molecule has 1 aromatic heterocycles. The highest BCUT2D eigenvalue weighted by atomic mass is 16.4. The third-order valence-corrected chi connectivity index (χ3v) is 1.52. The van der Waals surface area contributed by atoms with Crippen molar-refractivity contribution in [2.24, 2.45) is 0 Å². The topological polar surface area (TPSA) is 98.2 Å². The summed E-state index contributed by atoms with van der Waals surface area (Å²) >= 11 is 0. The number of amides is 1. The summed E-state index contributed by atoms with van der Waals surface area (Å²) in [5.41, 5.74) is 0.797. The first kappa shape index (κ1) is 9.53. The predicted octanol–water partition coefficient (Wildman–Crippen LogP) is -0.0717. The van der Waals surface area contributed by atoms with Crippen LogP contribution < -0.4 is 5.32 Å². The molecule has 0 aliphatic rings. The quantitative estimate of drug-likeness (QED) is 0.493. The van der Waals surface area contributed by atoms with Crippen molar-refractivity contribution < 1.29 is 15.0 Å². The van der Waals surface area contributed by atoms with Crippen LogP contribution in [-0.4, -0.2) is 32.5 Å². The van der Waals surface area contributed by atoms with Gasteiger partial charge < -0.3 is 15.2 Å². The number of aromatic nitrogens is 2. The fraction of sp³-hybridized carbons (Fsp3) is 0.429. The third-order valence-electron chi connectivity index (χ3n) is 1.52. The molecule has 1 heterocycles. The van der Waals surface area contributed by atoms with E-state index in [4.69, 9.17) is 10.2 Å². The molecule has 0 aliphatic carbocycles. The van der Waals surface area contributed by atoms with Crippen LogP contribution in [0, 0.1) is 0 Å². The lowest BCUT2D eigenvalue weighted by Gasteiger charge is -2.08. The zero-order chi connectivity index (χ0) is 9.68. The number of imidazole rings is 1. The molecule has 0 spiro atoms. The Bertz CT molecular complexity index is 260. The number of carbonyl (C=O) groups is 1. The van der Waals surface area contributed by atoms with E-state index in [0.29, 0.717) is 12.8 Å². The van der Waals surface area contributed by atoms with Gasteiger partial charge in [0.15, 0.2) is 0 Å². The van der Waals surface area contributed by atoms with Crippen molar-refractivity contribution in [1.29, 1.82) is 0 Å². The number of H-pyrrole nitrogens is 1. The Kier molecular flexibility index (Phi) is 3.27. The van der Waals surface area contributed by atoms with Crippen LogP contribution in [0.4, 0.5) is 4.79 Å². The summed E-state index contributed by atoms with van der Waals surface area (Å²) in [7, 11) is 0. The van der Waals surface area contributed by atoms with E-state index >= 15 is 0 Å². The highest BCUT2D eigenvalue weighted by molar-refractivity contribution is 5.64. The summed E-state index contributed by atoms with van der Waals surface area (Å²) in [5.74, 6) is 0. The van der Waals surface area contributed by atoms with Crippen LogP contribution in [0.3, 0.4) is 0 Å². The average Bonchev–Trinajstić information content (AvgIpc) is 2.51. The number of aromatic amines is 1. The number of hydrogen-bond acceptors (Lipinski definition) is 3. The first-order chi connectivity index (χ1) is 6.18. The first-order valence-electron chi connectivity index (χ1n) is 3.83. The molecule has 6 heteroatoms. The summed E-state index contributed by atoms with van der Waals surface area (Å²) in [6.07, 6.45) is 1.82. The van der Waals surface area contributed by atoms with Crippen molar-refractivity contribution in [3.8, 4) is 0 Å². The van der Waals surface area contributed by atoms with E-state index < -0.39 is 12.3 Å². The number of nitrogens with zero attached hydrogens (tertiary/aromatic N) is 1. The van der Waals surface area contributed by atoms with Gasteiger partial charge >= 0.3 is 6.09 Å². The number of nitrogens with one attached hydrogen (secondary N) is 2. The molecule has 72 valence electrons. The molecule has 0 aromatic carbocycles. The van der Waals surface area contributed by atoms with Crippen LogP contribution in [-0.2, 0) is 6.42 Å². The molecule has 0 fully saturated rings. The van der Waals surface area contributed by atoms with E-state index in [1.807, 2.05) is 5.32 Å². The monoisotopic (exact) mass is 185 g/mol. The largest absolute Gasteiger partial charge is 0.465 e. The van der Waals surface area contributed by atoms with Gasteiger partial charge in [-0.1, -0.05) is 0 Å². The Morgan fingerprint density at radius 2 is 2.54 bits per heavy atom. The second-order valence-electron chi connectivity index (χ2n) is 2.56. The van der Waals surface area contributed by atoms with Crippen molar-refractivity contribution in [1.82, 2.24) is 15.3 Å². The highest BCUT2D eigenvalue weighted by Gasteiger charge is 2.07. The fourth-order valence-electron chi connectivity index (χ4n) is 0.927. The number of aliphatic hydroxyl groups is 1. The van der Waals surface area contributed by atoms with E-state index in [-0.39, 0.29) is 0 Å². The molecule has 1 rings (SSSR count). The van der Waals surface area contributed by atoms with Gasteiger partial charge in [0.2, 0.25) is 0 Å². The van der Waals surface area contributed by atoms with Crippen LogP contribution in [0.25, 0.3) is 0 Å². The van der Waals surface area contributed by atoms with Crippen molar-refractivity contribution in [2.45, 2.75) is 19.1 Å². The molecule has 1 unspecified atom stereocenters. The van der Waals surface area contributed by atoms with Gasteiger partial charge in [-0.05, 0) is 12.8 Å². The molecule has 6 nitrogen and oxygen atoms in total. The minimum absolute atomic E-state index is 0.317. The summed E-state index contributed by atoms with van der Waals surface area (Å²) in [4.78, 5) is 16.8. The van der Waals surface area contributed by atoms with Crippen LogP contribution in [0.5, 0.6) is 0 Å². The fourth-order valence-corrected chi connectivity index (χ4v) is 0.927. The van der Waals surface area contributed by atoms with Gasteiger partial charge in [-0.3, -0.25) is 5.32 Å². The van der Waals surface area contributed by atoms with Gasteiger partial charge in [-0.15, -0.1) is 0 Å². The number of carboxylic acid groups (broad SMARTS) is 1. The lowest BCUT2D eigenvalue weighted by atomic mass is 10.2. The van der Waals surface area contributed by atoms with Gasteiger partial charge in [0.1, 0.15) is 6.23 Å². The third kappa shape index (κ3) is 3.57. The Balaban J connectivity index is 2.22. The van der Waals surface area contributed by atoms with Gasteiger partial charge in [0.05, 0.1) is 12.0 Å². The smallest absolute Gasteiger partial charge is 0.406 e. The number of aliphatic hydroxyl groups excluding tert-OH is 1. The lowest BCUT2D eigenvalue weighted by Crippen LogP contribution is -2.33. The van der Waals surface area contributed by atoms with E-state index in [0.717, 1.165) is 5.69 Å². The second-order valence-corrected chi connectivity index (χ2v) is 2.56. The molecule has 1 amide bonds. The molecular weight excluding hydrogens is 174 g/mol. The molecule has 0 saturated heterocycles. The van der Waals surface area contributed by atoms with Crippen molar-refractivity contribution in [3.05, 3.63) is 18.2 Å². The maximum atomic E-state index is 10.1. The molecule has 0 bridgehead atoms. The first-order valence-corrected chi connectivity index (χ1v) is 3.83. The Morgan fingerprint density at radius 1 is 1.77 bits per heavy atom. The van der Waals surface area contributed by atoms with Gasteiger partial charge in [-0.2, -0.15) is 0 Å². The molecule has 0 aliphatic heterocycles. The SMILES string of the molecule is O=C(O)NC(O)CCc1c[nH]cn1. The molecule has 0 saturated carbocycles. The van der Waals surface area contributed by atoms with Gasteiger partial charge in [0, 0.05) is 6.20 Å². The Hall–Kier alpha value is -1.56. The molecule has 4 N–H and O–H groups in total. The molecular formula is C7H11N3O3. The van der Waals surface area contributed by atoms with Crippen LogP contribution in [0.2, 0.25) is 0 Å². The minimum Gasteiger partial charge on any atom is -0.465 e. The standard InChI is InChI=1S/C7H11N3O3/c11-6(10-7(12)13)2-1-5-3-8-4-9-5/h3-4,6,10-11H,1-2H2,(H,8,9)(H,12,13). The van der Waals surface area contributed by atoms with E-state index in [1.54, 1.807) is 6.20 Å². The van der Waals surface area contributed by atoms with Gasteiger partial charge in [0.25, 0.3) is 0 Å². The normalized spacial score (nSPS) is 12.4. The van der Waals surface area contributed by atoms with Crippen LogP contribution in [0.1, 0.15) is 12.1 Å². The van der Waals surface area contributed by atoms with E-state index in [2.05, 4.69) is 9.97 Å². The summed E-state index contributed by atoms with van der Waals surface area (Å²) in [6, 6.07) is 0. The number of hydrogen-bond donors (Lipinski definition) is 4.